The zero-order valence-corrected chi connectivity index (χ0v) is 14.5. The molecule has 2 rings (SSSR count). The Morgan fingerprint density at radius 2 is 2.24 bits per heavy atom. The molecule has 1 fully saturated rings. The summed E-state index contributed by atoms with van der Waals surface area (Å²) < 4.78 is 11.7. The van der Waals surface area contributed by atoms with Gasteiger partial charge in [0.25, 0.3) is 0 Å². The molecule has 21 heavy (non-hydrogen) atoms. The Bertz CT molecular complexity index is 442. The first-order valence-corrected chi connectivity index (χ1v) is 8.29. The molecule has 0 aliphatic carbocycles. The largest absolute Gasteiger partial charge is 0.383 e. The standard InChI is InChI=1S/C16H25BrN2O2/c1-20-9-7-18-11-13-5-6-14(17)10-16(13)19-8-3-4-15(12-19)21-2/h5-6,10,15,18H,3-4,7-9,11-12H2,1-2H3. The van der Waals surface area contributed by atoms with Gasteiger partial charge in [-0.2, -0.15) is 0 Å². The molecule has 0 spiro atoms. The monoisotopic (exact) mass is 356 g/mol. The summed E-state index contributed by atoms with van der Waals surface area (Å²) in [5.74, 6) is 0. The van der Waals surface area contributed by atoms with E-state index in [1.165, 1.54) is 17.7 Å². The quantitative estimate of drug-likeness (QED) is 0.761. The zero-order chi connectivity index (χ0) is 15.1. The summed E-state index contributed by atoms with van der Waals surface area (Å²) in [4.78, 5) is 2.44. The fraction of sp³-hybridized carbons (Fsp3) is 0.625. The van der Waals surface area contributed by atoms with Crippen LogP contribution in [-0.2, 0) is 16.0 Å². The van der Waals surface area contributed by atoms with Crippen molar-refractivity contribution in [2.75, 3.05) is 45.4 Å². The highest BCUT2D eigenvalue weighted by molar-refractivity contribution is 9.10. The van der Waals surface area contributed by atoms with E-state index in [2.05, 4.69) is 44.3 Å². The van der Waals surface area contributed by atoms with Crippen LogP contribution in [0.25, 0.3) is 0 Å². The molecule has 1 aliphatic heterocycles. The summed E-state index contributed by atoms with van der Waals surface area (Å²) in [6.07, 6.45) is 2.68. The van der Waals surface area contributed by atoms with Crippen LogP contribution in [0.3, 0.4) is 0 Å². The van der Waals surface area contributed by atoms with Crippen molar-refractivity contribution in [2.24, 2.45) is 0 Å². The molecule has 5 heteroatoms. The highest BCUT2D eigenvalue weighted by Gasteiger charge is 2.21. The number of halogens is 1. The van der Waals surface area contributed by atoms with E-state index in [-0.39, 0.29) is 0 Å². The van der Waals surface area contributed by atoms with Crippen LogP contribution < -0.4 is 10.2 Å². The smallest absolute Gasteiger partial charge is 0.0746 e. The molecular weight excluding hydrogens is 332 g/mol. The van der Waals surface area contributed by atoms with E-state index in [0.717, 1.165) is 43.7 Å². The van der Waals surface area contributed by atoms with Crippen molar-refractivity contribution in [1.82, 2.24) is 5.32 Å². The Morgan fingerprint density at radius 3 is 3.00 bits per heavy atom. The number of ether oxygens (including phenoxy) is 2. The topological polar surface area (TPSA) is 33.7 Å². The lowest BCUT2D eigenvalue weighted by Crippen LogP contribution is -2.40. The Morgan fingerprint density at radius 1 is 1.38 bits per heavy atom. The molecular formula is C16H25BrN2O2. The minimum absolute atomic E-state index is 0.340. The van der Waals surface area contributed by atoms with E-state index in [1.54, 1.807) is 7.11 Å². The molecule has 1 aromatic rings. The average Bonchev–Trinajstić information content (AvgIpc) is 2.52. The summed E-state index contributed by atoms with van der Waals surface area (Å²) in [5.41, 5.74) is 2.63. The van der Waals surface area contributed by atoms with Crippen LogP contribution in [0.1, 0.15) is 18.4 Å². The number of nitrogens with zero attached hydrogens (tertiary/aromatic N) is 1. The fourth-order valence-electron chi connectivity index (χ4n) is 2.73. The summed E-state index contributed by atoms with van der Waals surface area (Å²) in [6.45, 7) is 4.54. The molecule has 0 radical (unpaired) electrons. The molecule has 1 atom stereocenters. The number of piperidine rings is 1. The molecule has 1 aromatic carbocycles. The van der Waals surface area contributed by atoms with E-state index in [4.69, 9.17) is 9.47 Å². The zero-order valence-electron chi connectivity index (χ0n) is 12.9. The van der Waals surface area contributed by atoms with E-state index in [0.29, 0.717) is 6.10 Å². The van der Waals surface area contributed by atoms with Crippen molar-refractivity contribution in [1.29, 1.82) is 0 Å². The van der Waals surface area contributed by atoms with Gasteiger partial charge in [-0.15, -0.1) is 0 Å². The van der Waals surface area contributed by atoms with Crippen molar-refractivity contribution in [3.63, 3.8) is 0 Å². The van der Waals surface area contributed by atoms with E-state index in [1.807, 2.05) is 7.11 Å². The molecule has 1 unspecified atom stereocenters. The third-order valence-corrected chi connectivity index (χ3v) is 4.39. The second-order valence-corrected chi connectivity index (χ2v) is 6.30. The minimum atomic E-state index is 0.340. The molecule has 1 saturated heterocycles. The highest BCUT2D eigenvalue weighted by atomic mass is 79.9. The Kier molecular flexibility index (Phi) is 6.96. The van der Waals surface area contributed by atoms with Gasteiger partial charge in [0.05, 0.1) is 12.7 Å². The molecule has 118 valence electrons. The van der Waals surface area contributed by atoms with Crippen LogP contribution in [-0.4, -0.2) is 46.6 Å². The van der Waals surface area contributed by atoms with Crippen LogP contribution in [0, 0.1) is 0 Å². The first kappa shape index (κ1) is 16.7. The summed E-state index contributed by atoms with van der Waals surface area (Å²) in [6, 6.07) is 6.51. The number of nitrogens with one attached hydrogen (secondary N) is 1. The lowest BCUT2D eigenvalue weighted by molar-refractivity contribution is 0.0893. The second-order valence-electron chi connectivity index (χ2n) is 5.39. The highest BCUT2D eigenvalue weighted by Crippen LogP contribution is 2.28. The maximum atomic E-state index is 5.54. The van der Waals surface area contributed by atoms with Gasteiger partial charge in [-0.05, 0) is 30.5 Å². The maximum Gasteiger partial charge on any atom is 0.0746 e. The molecule has 0 aromatic heterocycles. The van der Waals surface area contributed by atoms with Crippen LogP contribution in [0.15, 0.2) is 22.7 Å². The maximum absolute atomic E-state index is 5.54. The molecule has 0 bridgehead atoms. The van der Waals surface area contributed by atoms with Crippen molar-refractivity contribution in [3.05, 3.63) is 28.2 Å². The molecule has 1 aliphatic rings. The molecule has 0 amide bonds. The normalized spacial score (nSPS) is 19.0. The third-order valence-electron chi connectivity index (χ3n) is 3.90. The van der Waals surface area contributed by atoms with Crippen molar-refractivity contribution in [3.8, 4) is 0 Å². The number of benzene rings is 1. The van der Waals surface area contributed by atoms with E-state index in [9.17, 15) is 0 Å². The number of anilines is 1. The van der Waals surface area contributed by atoms with Gasteiger partial charge in [-0.3, -0.25) is 0 Å². The molecule has 1 N–H and O–H groups in total. The Balaban J connectivity index is 2.07. The predicted molar refractivity (Wildman–Crippen MR) is 90.0 cm³/mol. The number of hydrogen-bond acceptors (Lipinski definition) is 4. The van der Waals surface area contributed by atoms with Crippen molar-refractivity contribution in [2.45, 2.75) is 25.5 Å². The van der Waals surface area contributed by atoms with Crippen molar-refractivity contribution < 1.29 is 9.47 Å². The van der Waals surface area contributed by atoms with Gasteiger partial charge in [0.2, 0.25) is 0 Å². The lowest BCUT2D eigenvalue weighted by Gasteiger charge is -2.35. The minimum Gasteiger partial charge on any atom is -0.383 e. The summed E-state index contributed by atoms with van der Waals surface area (Å²) in [5, 5.41) is 3.43. The average molecular weight is 357 g/mol. The number of rotatable bonds is 7. The Hall–Kier alpha value is -0.620. The van der Waals surface area contributed by atoms with Crippen LogP contribution in [0.2, 0.25) is 0 Å². The Labute approximate surface area is 135 Å². The lowest BCUT2D eigenvalue weighted by atomic mass is 10.0. The van der Waals surface area contributed by atoms with Gasteiger partial charge in [-0.25, -0.2) is 0 Å². The molecule has 4 nitrogen and oxygen atoms in total. The second kappa shape index (κ2) is 8.73. The van der Waals surface area contributed by atoms with Gasteiger partial charge >= 0.3 is 0 Å². The SMILES string of the molecule is COCCNCc1ccc(Br)cc1N1CCCC(OC)C1. The van der Waals surface area contributed by atoms with Crippen LogP contribution in [0.4, 0.5) is 5.69 Å². The first-order valence-electron chi connectivity index (χ1n) is 7.50. The summed E-state index contributed by atoms with van der Waals surface area (Å²) >= 11 is 3.59. The fourth-order valence-corrected chi connectivity index (χ4v) is 3.08. The molecule has 1 heterocycles. The van der Waals surface area contributed by atoms with Crippen LogP contribution >= 0.6 is 15.9 Å². The third kappa shape index (κ3) is 4.95. The van der Waals surface area contributed by atoms with Gasteiger partial charge < -0.3 is 19.7 Å². The van der Waals surface area contributed by atoms with Gasteiger partial charge in [-0.1, -0.05) is 22.0 Å². The van der Waals surface area contributed by atoms with Gasteiger partial charge in [0.15, 0.2) is 0 Å². The predicted octanol–water partition coefficient (Wildman–Crippen LogP) is 2.80. The molecule has 0 saturated carbocycles. The van der Waals surface area contributed by atoms with Crippen molar-refractivity contribution >= 4 is 21.6 Å². The van der Waals surface area contributed by atoms with E-state index >= 15 is 0 Å². The first-order chi connectivity index (χ1) is 10.2. The summed E-state index contributed by atoms with van der Waals surface area (Å²) in [7, 11) is 3.54. The van der Waals surface area contributed by atoms with E-state index < -0.39 is 0 Å². The number of methoxy groups -OCH3 is 2. The van der Waals surface area contributed by atoms with Gasteiger partial charge in [0, 0.05) is 50.6 Å². The number of hydrogen-bond donors (Lipinski definition) is 1. The van der Waals surface area contributed by atoms with Crippen LogP contribution in [0.5, 0.6) is 0 Å². The van der Waals surface area contributed by atoms with Gasteiger partial charge in [0.1, 0.15) is 0 Å².